The van der Waals surface area contributed by atoms with Crippen LogP contribution in [0.5, 0.6) is 0 Å². The molecule has 3 rings (SSSR count). The summed E-state index contributed by atoms with van der Waals surface area (Å²) in [6.07, 6.45) is -0.514. The first-order valence-electron chi connectivity index (χ1n) is 9.06. The number of carbonyl (C=O) groups excluding carboxylic acids is 2. The van der Waals surface area contributed by atoms with Gasteiger partial charge in [-0.05, 0) is 75.2 Å². The number of aromatic nitrogens is 1. The molecule has 0 saturated heterocycles. The van der Waals surface area contributed by atoms with Crippen LogP contribution in [0.3, 0.4) is 0 Å². The minimum absolute atomic E-state index is 0.270. The van der Waals surface area contributed by atoms with Crippen LogP contribution in [0.1, 0.15) is 31.3 Å². The number of nitrogens with one attached hydrogen (secondary N) is 2. The largest absolute Gasteiger partial charge is 0.443 e. The van der Waals surface area contributed by atoms with E-state index in [0.717, 1.165) is 27.7 Å². The lowest BCUT2D eigenvalue weighted by atomic mass is 10.2. The minimum Gasteiger partial charge on any atom is -0.443 e. The normalized spacial score (nSPS) is 11.4. The number of carbonyl (C=O) groups is 2. The van der Waals surface area contributed by atoms with Gasteiger partial charge in [-0.15, -0.1) is 0 Å². The van der Waals surface area contributed by atoms with E-state index in [1.54, 1.807) is 68.8 Å². The first kappa shape index (κ1) is 22.3. The highest BCUT2D eigenvalue weighted by atomic mass is 35.5. The Morgan fingerprint density at radius 2 is 1.73 bits per heavy atom. The predicted molar refractivity (Wildman–Crippen MR) is 123 cm³/mol. The van der Waals surface area contributed by atoms with Gasteiger partial charge in [0.15, 0.2) is 0 Å². The molecule has 2 N–H and O–H groups in total. The Balaban J connectivity index is 1.66. The summed E-state index contributed by atoms with van der Waals surface area (Å²) in [7, 11) is 1.80. The van der Waals surface area contributed by atoms with Crippen molar-refractivity contribution in [1.29, 1.82) is 0 Å². The molecule has 0 bridgehead atoms. The average Bonchev–Trinajstić information content (AvgIpc) is 3.00. The fourth-order valence-corrected chi connectivity index (χ4v) is 3.66. The van der Waals surface area contributed by atoms with E-state index in [1.165, 1.54) is 0 Å². The van der Waals surface area contributed by atoms with E-state index < -0.39 is 11.7 Å². The van der Waals surface area contributed by atoms with Gasteiger partial charge in [0, 0.05) is 28.5 Å². The molecule has 158 valence electrons. The van der Waals surface area contributed by atoms with Gasteiger partial charge in [0.05, 0.1) is 10.0 Å². The zero-order valence-corrected chi connectivity index (χ0v) is 19.2. The number of anilines is 1. The van der Waals surface area contributed by atoms with Gasteiger partial charge in [0.2, 0.25) is 0 Å². The van der Waals surface area contributed by atoms with E-state index in [2.05, 4.69) is 10.0 Å². The molecule has 0 radical (unpaired) electrons. The van der Waals surface area contributed by atoms with Crippen molar-refractivity contribution in [3.05, 3.63) is 58.2 Å². The molecule has 1 heterocycles. The third-order valence-electron chi connectivity index (χ3n) is 4.11. The van der Waals surface area contributed by atoms with Gasteiger partial charge in [0.1, 0.15) is 11.3 Å². The summed E-state index contributed by atoms with van der Waals surface area (Å²) in [6, 6.07) is 12.3. The van der Waals surface area contributed by atoms with Crippen molar-refractivity contribution >= 4 is 63.7 Å². The summed E-state index contributed by atoms with van der Waals surface area (Å²) >= 11 is 13.5. The number of aryl methyl sites for hydroxylation is 1. The van der Waals surface area contributed by atoms with Crippen LogP contribution < -0.4 is 10.0 Å². The van der Waals surface area contributed by atoms with Crippen LogP contribution in [0.4, 0.5) is 10.5 Å². The van der Waals surface area contributed by atoms with Gasteiger partial charge < -0.3 is 14.6 Å². The maximum Gasteiger partial charge on any atom is 0.418 e. The van der Waals surface area contributed by atoms with Crippen LogP contribution in [0.2, 0.25) is 10.0 Å². The third kappa shape index (κ3) is 5.22. The molecule has 0 atom stereocenters. The molecule has 2 amide bonds. The van der Waals surface area contributed by atoms with Crippen molar-refractivity contribution in [3.63, 3.8) is 0 Å². The fourth-order valence-electron chi connectivity index (χ4n) is 2.77. The maximum atomic E-state index is 12.7. The molecule has 0 fully saturated rings. The summed E-state index contributed by atoms with van der Waals surface area (Å²) in [5.74, 6) is -0.270. The molecular formula is C21H21Cl2N3O3S. The van der Waals surface area contributed by atoms with Crippen molar-refractivity contribution in [2.75, 3.05) is 5.32 Å². The van der Waals surface area contributed by atoms with Crippen molar-refractivity contribution in [2.24, 2.45) is 7.05 Å². The topological polar surface area (TPSA) is 72.4 Å². The smallest absolute Gasteiger partial charge is 0.418 e. The Kier molecular flexibility index (Phi) is 6.55. The van der Waals surface area contributed by atoms with Crippen LogP contribution in [0.25, 0.3) is 10.9 Å². The molecule has 0 aliphatic rings. The Labute approximate surface area is 189 Å². The van der Waals surface area contributed by atoms with Crippen molar-refractivity contribution in [2.45, 2.75) is 31.3 Å². The summed E-state index contributed by atoms with van der Waals surface area (Å²) in [6.45, 7) is 5.40. The highest BCUT2D eigenvalue weighted by molar-refractivity contribution is 7.98. The third-order valence-corrected chi connectivity index (χ3v) is 5.70. The minimum atomic E-state index is -0.559. The van der Waals surface area contributed by atoms with E-state index in [4.69, 9.17) is 27.9 Å². The summed E-state index contributed by atoms with van der Waals surface area (Å²) in [5, 5.41) is 4.44. The number of hydrogen-bond donors (Lipinski definition) is 2. The van der Waals surface area contributed by atoms with Crippen LogP contribution in [0, 0.1) is 0 Å². The van der Waals surface area contributed by atoms with E-state index >= 15 is 0 Å². The SMILES string of the molecule is Cn1c(C(=O)Nc2ccc(SNC(=O)OC(C)(C)C)cc2)cc2c(Cl)c(Cl)ccc21. The Morgan fingerprint density at radius 1 is 1.07 bits per heavy atom. The first-order valence-corrected chi connectivity index (χ1v) is 10.6. The highest BCUT2D eigenvalue weighted by Gasteiger charge is 2.17. The molecule has 3 aromatic rings. The van der Waals surface area contributed by atoms with E-state index in [9.17, 15) is 9.59 Å². The van der Waals surface area contributed by atoms with E-state index in [-0.39, 0.29) is 5.91 Å². The van der Waals surface area contributed by atoms with Gasteiger partial charge in [-0.3, -0.25) is 9.52 Å². The molecule has 9 heteroatoms. The number of fused-ring (bicyclic) bond motifs is 1. The summed E-state index contributed by atoms with van der Waals surface area (Å²) in [5.41, 5.74) is 1.33. The zero-order valence-electron chi connectivity index (χ0n) is 16.9. The molecule has 30 heavy (non-hydrogen) atoms. The zero-order chi connectivity index (χ0) is 22.1. The number of ether oxygens (including phenoxy) is 1. The number of halogens is 2. The van der Waals surface area contributed by atoms with Crippen LogP contribution in [-0.4, -0.2) is 22.2 Å². The average molecular weight is 466 g/mol. The Morgan fingerprint density at radius 3 is 2.37 bits per heavy atom. The molecule has 0 saturated carbocycles. The van der Waals surface area contributed by atoms with Gasteiger partial charge in [0.25, 0.3) is 5.91 Å². The maximum absolute atomic E-state index is 12.7. The number of amides is 2. The molecule has 0 spiro atoms. The molecule has 1 aromatic heterocycles. The Bertz CT molecular complexity index is 1110. The van der Waals surface area contributed by atoms with Crippen LogP contribution in [-0.2, 0) is 11.8 Å². The molecular weight excluding hydrogens is 445 g/mol. The second-order valence-electron chi connectivity index (χ2n) is 7.57. The molecule has 0 aliphatic carbocycles. The van der Waals surface area contributed by atoms with Crippen molar-refractivity contribution < 1.29 is 14.3 Å². The lowest BCUT2D eigenvalue weighted by molar-refractivity contribution is 0.0574. The van der Waals surface area contributed by atoms with Gasteiger partial charge in [-0.2, -0.15) is 0 Å². The standard InChI is InChI=1S/C21H21Cl2N3O3S/c1-21(2,3)29-20(28)25-30-13-7-5-12(6-8-13)24-19(27)17-11-14-16(26(17)4)10-9-15(22)18(14)23/h5-11H,1-4H3,(H,24,27)(H,25,28). The van der Waals surface area contributed by atoms with Gasteiger partial charge in [-0.25, -0.2) is 4.79 Å². The number of benzene rings is 2. The lowest BCUT2D eigenvalue weighted by Crippen LogP contribution is -2.29. The summed E-state index contributed by atoms with van der Waals surface area (Å²) in [4.78, 5) is 25.3. The molecule has 2 aromatic carbocycles. The molecule has 0 unspecified atom stereocenters. The predicted octanol–water partition coefficient (Wildman–Crippen LogP) is 6.27. The van der Waals surface area contributed by atoms with Crippen LogP contribution >= 0.6 is 35.1 Å². The molecule has 0 aliphatic heterocycles. The monoisotopic (exact) mass is 465 g/mol. The van der Waals surface area contributed by atoms with Crippen molar-refractivity contribution in [3.8, 4) is 0 Å². The Hall–Kier alpha value is -2.35. The lowest BCUT2D eigenvalue weighted by Gasteiger charge is -2.19. The van der Waals surface area contributed by atoms with Crippen molar-refractivity contribution in [1.82, 2.24) is 9.29 Å². The number of nitrogens with zero attached hydrogens (tertiary/aromatic N) is 1. The fraction of sp³-hybridized carbons (Fsp3) is 0.238. The second-order valence-corrected chi connectivity index (χ2v) is 9.23. The highest BCUT2D eigenvalue weighted by Crippen LogP contribution is 2.32. The summed E-state index contributed by atoms with van der Waals surface area (Å²) < 4.78 is 9.57. The molecule has 6 nitrogen and oxygen atoms in total. The van der Waals surface area contributed by atoms with Gasteiger partial charge >= 0.3 is 6.09 Å². The first-order chi connectivity index (χ1) is 14.0. The second kappa shape index (κ2) is 8.79. The number of hydrogen-bond acceptors (Lipinski definition) is 4. The van der Waals surface area contributed by atoms with E-state index in [0.29, 0.717) is 21.4 Å². The van der Waals surface area contributed by atoms with Gasteiger partial charge in [-0.1, -0.05) is 23.2 Å². The van der Waals surface area contributed by atoms with E-state index in [1.807, 2.05) is 6.07 Å². The van der Waals surface area contributed by atoms with Crippen LogP contribution in [0.15, 0.2) is 47.4 Å². The number of rotatable bonds is 4. The quantitative estimate of drug-likeness (QED) is 0.445.